The molecule has 0 radical (unpaired) electrons. The lowest BCUT2D eigenvalue weighted by Crippen LogP contribution is -2.44. The minimum absolute atomic E-state index is 0.0541. The number of aliphatic imine (C=N–C) groups is 1. The monoisotopic (exact) mass is 898 g/mol. The molecule has 4 aromatic carbocycles. The molecular formula is C51H58N6O9. The first-order valence-electron chi connectivity index (χ1n) is 22.1. The highest BCUT2D eigenvalue weighted by Crippen LogP contribution is 2.39. The lowest BCUT2D eigenvalue weighted by molar-refractivity contribution is -0.115. The van der Waals surface area contributed by atoms with Gasteiger partial charge in [-0.3, -0.25) is 24.3 Å². The van der Waals surface area contributed by atoms with Crippen molar-refractivity contribution in [2.45, 2.75) is 51.3 Å². The summed E-state index contributed by atoms with van der Waals surface area (Å²) < 4.78 is 29.6. The predicted octanol–water partition coefficient (Wildman–Crippen LogP) is 7.80. The van der Waals surface area contributed by atoms with Crippen molar-refractivity contribution in [3.05, 3.63) is 118 Å². The molecule has 66 heavy (non-hydrogen) atoms. The zero-order chi connectivity index (χ0) is 46.7. The number of likely N-dealkylation sites (N-methyl/N-ethyl adjacent to an activating group) is 3. The molecule has 15 nitrogen and oxygen atoms in total. The first kappa shape index (κ1) is 46.9. The van der Waals surface area contributed by atoms with E-state index in [1.54, 1.807) is 55.6 Å². The number of aldehydes is 2. The number of rotatable bonds is 20. The second kappa shape index (κ2) is 21.7. The van der Waals surface area contributed by atoms with E-state index in [1.165, 1.54) is 30.4 Å². The normalized spacial score (nSPS) is 17.3. The number of nitrogens with zero attached hydrogens (tertiary/aromatic N) is 4. The van der Waals surface area contributed by atoms with Crippen LogP contribution in [0.15, 0.2) is 101 Å². The highest BCUT2D eigenvalue weighted by molar-refractivity contribution is 5.96. The second-order valence-corrected chi connectivity index (χ2v) is 16.6. The molecule has 7 rings (SSSR count). The van der Waals surface area contributed by atoms with Gasteiger partial charge >= 0.3 is 6.09 Å². The first-order valence-corrected chi connectivity index (χ1v) is 22.1. The molecule has 346 valence electrons. The van der Waals surface area contributed by atoms with Crippen LogP contribution >= 0.6 is 0 Å². The summed E-state index contributed by atoms with van der Waals surface area (Å²) in [6, 6.07) is 21.6. The van der Waals surface area contributed by atoms with Gasteiger partial charge in [-0.2, -0.15) is 0 Å². The van der Waals surface area contributed by atoms with Crippen LogP contribution in [0.5, 0.6) is 23.0 Å². The summed E-state index contributed by atoms with van der Waals surface area (Å²) in [4.78, 5) is 61.7. The third-order valence-electron chi connectivity index (χ3n) is 12.1. The largest absolute Gasteiger partial charge is 0.493 e. The van der Waals surface area contributed by atoms with Crippen LogP contribution in [-0.2, 0) is 22.6 Å². The summed E-state index contributed by atoms with van der Waals surface area (Å²) >= 11 is 0. The van der Waals surface area contributed by atoms with Gasteiger partial charge in [0.2, 0.25) is 5.91 Å². The van der Waals surface area contributed by atoms with Crippen LogP contribution < -0.4 is 39.4 Å². The average Bonchev–Trinajstić information content (AvgIpc) is 3.82. The van der Waals surface area contributed by atoms with Crippen LogP contribution in [-0.4, -0.2) is 109 Å². The molecule has 3 atom stereocenters. The fourth-order valence-corrected chi connectivity index (χ4v) is 8.57. The summed E-state index contributed by atoms with van der Waals surface area (Å²) in [6.45, 7) is 2.95. The van der Waals surface area contributed by atoms with Crippen LogP contribution in [0.25, 0.3) is 0 Å². The summed E-state index contributed by atoms with van der Waals surface area (Å²) in [5.74, 6) is 1.79. The number of carbonyl (C=O) groups excluding carboxylic acids is 4. The molecule has 0 fully saturated rings. The Kier molecular flexibility index (Phi) is 15.4. The van der Waals surface area contributed by atoms with Gasteiger partial charge in [0.05, 0.1) is 57.4 Å². The molecule has 0 aromatic heterocycles. The molecule has 15 heteroatoms. The Morgan fingerprint density at radius 3 is 2.23 bits per heavy atom. The van der Waals surface area contributed by atoms with E-state index in [9.17, 15) is 19.2 Å². The van der Waals surface area contributed by atoms with Crippen molar-refractivity contribution in [3.8, 4) is 23.0 Å². The first-order chi connectivity index (χ1) is 32.0. The zero-order valence-electron chi connectivity index (χ0n) is 38.4. The SMILES string of the molecule is CNCC(=O)Nc1ccc(COC(=O)N(CC2Cc3ccccc3N2C)c2cc(OCCCOc3cc(N=CC4CC5=C(C=CC(C)C5)N4C)c(C=O)cc3OC)c(OC)cc2C=O)cc1. The second-order valence-electron chi connectivity index (χ2n) is 16.6. The third-order valence-corrected chi connectivity index (χ3v) is 12.1. The number of anilines is 3. The van der Waals surface area contributed by atoms with Gasteiger partial charge in [-0.25, -0.2) is 4.79 Å². The Bertz CT molecular complexity index is 2500. The molecule has 2 amide bonds. The number of fused-ring (bicyclic) bond motifs is 1. The van der Waals surface area contributed by atoms with Gasteiger partial charge < -0.3 is 44.1 Å². The third kappa shape index (κ3) is 10.9. The number of para-hydroxylation sites is 1. The van der Waals surface area contributed by atoms with Gasteiger partial charge in [-0.15, -0.1) is 0 Å². The van der Waals surface area contributed by atoms with Crippen molar-refractivity contribution in [1.29, 1.82) is 0 Å². The number of hydrogen-bond acceptors (Lipinski definition) is 13. The van der Waals surface area contributed by atoms with Crippen molar-refractivity contribution in [2.75, 3.05) is 76.8 Å². The van der Waals surface area contributed by atoms with Crippen LogP contribution in [0.1, 0.15) is 58.0 Å². The van der Waals surface area contributed by atoms with E-state index in [2.05, 4.69) is 52.6 Å². The van der Waals surface area contributed by atoms with Crippen molar-refractivity contribution in [1.82, 2.24) is 10.2 Å². The van der Waals surface area contributed by atoms with Crippen molar-refractivity contribution in [3.63, 3.8) is 0 Å². The van der Waals surface area contributed by atoms with Crippen molar-refractivity contribution in [2.24, 2.45) is 10.9 Å². The number of hydrogen-bond donors (Lipinski definition) is 2. The zero-order valence-corrected chi connectivity index (χ0v) is 38.4. The van der Waals surface area contributed by atoms with Gasteiger partial charge in [0.25, 0.3) is 0 Å². The lowest BCUT2D eigenvalue weighted by atomic mass is 9.93. The summed E-state index contributed by atoms with van der Waals surface area (Å²) in [5.41, 5.74) is 7.57. The van der Waals surface area contributed by atoms with E-state index < -0.39 is 6.09 Å². The van der Waals surface area contributed by atoms with E-state index >= 15 is 0 Å². The van der Waals surface area contributed by atoms with E-state index in [4.69, 9.17) is 28.7 Å². The van der Waals surface area contributed by atoms with E-state index in [1.807, 2.05) is 31.5 Å². The average molecular weight is 899 g/mol. The number of methoxy groups -OCH3 is 2. The van der Waals surface area contributed by atoms with E-state index in [0.717, 1.165) is 30.4 Å². The van der Waals surface area contributed by atoms with Crippen LogP contribution in [0.2, 0.25) is 0 Å². The molecule has 0 saturated carbocycles. The Morgan fingerprint density at radius 2 is 1.55 bits per heavy atom. The maximum absolute atomic E-state index is 14.2. The highest BCUT2D eigenvalue weighted by Gasteiger charge is 2.33. The number of nitrogens with one attached hydrogen (secondary N) is 2. The number of carbonyl (C=O) groups is 4. The van der Waals surface area contributed by atoms with Gasteiger partial charge in [0.15, 0.2) is 35.6 Å². The molecule has 0 saturated heterocycles. The van der Waals surface area contributed by atoms with Gasteiger partial charge in [0.1, 0.15) is 6.61 Å². The Morgan fingerprint density at radius 1 is 0.848 bits per heavy atom. The van der Waals surface area contributed by atoms with Gasteiger partial charge in [-0.05, 0) is 85.3 Å². The van der Waals surface area contributed by atoms with Crippen LogP contribution in [0, 0.1) is 5.92 Å². The van der Waals surface area contributed by atoms with Gasteiger partial charge in [0, 0.05) is 73.6 Å². The molecule has 0 spiro atoms. The number of benzene rings is 4. The number of ether oxygens (including phenoxy) is 5. The standard InChI is InChI=1S/C51H58N6O9/c1-33-12-17-44-36(20-33)22-40(55(44)3)27-53-42-25-48(46(62-5)23-37(42)30-58)64-18-9-19-65-49-26-45(38(31-59)24-47(49)63-6)57(29-41-21-35-10-7-8-11-43(35)56(41)4)51(61)66-32-34-13-15-39(16-14-34)54-50(60)28-52-2/h7-8,10-17,23-27,30-31,33,40-41,52H,9,18-22,28-29,32H2,1-6H3,(H,54,60). The van der Waals surface area contributed by atoms with Crippen LogP contribution in [0.4, 0.5) is 27.5 Å². The highest BCUT2D eigenvalue weighted by atomic mass is 16.6. The quantitative estimate of drug-likeness (QED) is 0.0504. The lowest BCUT2D eigenvalue weighted by Gasteiger charge is -2.31. The Balaban J connectivity index is 1.04. The van der Waals surface area contributed by atoms with Crippen LogP contribution in [0.3, 0.4) is 0 Å². The summed E-state index contributed by atoms with van der Waals surface area (Å²) in [5, 5.41) is 5.62. The van der Waals surface area contributed by atoms with Gasteiger partial charge in [-0.1, -0.05) is 43.3 Å². The fraction of sp³-hybridized carbons (Fsp3) is 0.353. The summed E-state index contributed by atoms with van der Waals surface area (Å²) in [6.07, 6.45) is 10.1. The summed E-state index contributed by atoms with van der Waals surface area (Å²) in [7, 11) is 8.74. The minimum atomic E-state index is -0.658. The molecular weight excluding hydrogens is 841 g/mol. The van der Waals surface area contributed by atoms with Crippen molar-refractivity contribution >= 4 is 53.5 Å². The molecule has 2 N–H and O–H groups in total. The molecule has 3 unspecified atom stereocenters. The minimum Gasteiger partial charge on any atom is -0.493 e. The smallest absolute Gasteiger partial charge is 0.414 e. The number of amides is 2. The Hall–Kier alpha value is -7.13. The van der Waals surface area contributed by atoms with E-state index in [-0.39, 0.29) is 56.5 Å². The maximum atomic E-state index is 14.2. The topological polar surface area (TPSA) is 161 Å². The fourth-order valence-electron chi connectivity index (χ4n) is 8.57. The molecule has 1 aliphatic carbocycles. The van der Waals surface area contributed by atoms with Crippen molar-refractivity contribution < 1.29 is 42.9 Å². The Labute approximate surface area is 386 Å². The molecule has 0 bridgehead atoms. The molecule has 2 heterocycles. The predicted molar refractivity (Wildman–Crippen MR) is 256 cm³/mol. The molecule has 3 aliphatic rings. The number of allylic oxidation sites excluding steroid dienone is 2. The maximum Gasteiger partial charge on any atom is 0.414 e. The molecule has 4 aromatic rings. The van der Waals surface area contributed by atoms with E-state index in [0.29, 0.717) is 76.2 Å². The molecule has 2 aliphatic heterocycles.